The third kappa shape index (κ3) is 2.96. The van der Waals surface area contributed by atoms with Crippen LogP contribution in [0.15, 0.2) is 30.3 Å². The maximum Gasteiger partial charge on any atom is 0.513 e. The van der Waals surface area contributed by atoms with E-state index in [0.29, 0.717) is 13.1 Å². The minimum Gasteiger partial charge on any atom is -0.435 e. The van der Waals surface area contributed by atoms with E-state index in [1.807, 2.05) is 37.3 Å². The Bertz CT molecular complexity index is 435. The van der Waals surface area contributed by atoms with Gasteiger partial charge in [-0.1, -0.05) is 30.3 Å². The number of benzene rings is 1. The van der Waals surface area contributed by atoms with E-state index in [9.17, 15) is 9.90 Å². The number of carboxylic acid groups (broad SMARTS) is 1. The molecule has 1 saturated heterocycles. The molecule has 3 atom stereocenters. The molecule has 19 heavy (non-hydrogen) atoms. The minimum atomic E-state index is -0.728. The van der Waals surface area contributed by atoms with Crippen molar-refractivity contribution in [3.63, 3.8) is 0 Å². The van der Waals surface area contributed by atoms with Crippen molar-refractivity contribution in [2.75, 3.05) is 13.1 Å². The first-order valence-electron chi connectivity index (χ1n) is 6.94. The van der Waals surface area contributed by atoms with Crippen molar-refractivity contribution in [2.24, 2.45) is 5.73 Å². The van der Waals surface area contributed by atoms with Gasteiger partial charge in [-0.15, -0.1) is 0 Å². The third-order valence-electron chi connectivity index (χ3n) is 4.30. The number of hydrogen-bond acceptors (Lipinski definition) is 2. The number of nitrogens with zero attached hydrogens (tertiary/aromatic N) is 1. The van der Waals surface area contributed by atoms with Crippen LogP contribution < -0.4 is 5.73 Å². The highest BCUT2D eigenvalue weighted by molar-refractivity contribution is 5.57. The van der Waals surface area contributed by atoms with Gasteiger partial charge in [0, 0.05) is 12.8 Å². The van der Waals surface area contributed by atoms with Crippen LogP contribution in [-0.4, -0.2) is 40.9 Å². The van der Waals surface area contributed by atoms with E-state index in [1.54, 1.807) is 0 Å². The topological polar surface area (TPSA) is 63.3 Å². The largest absolute Gasteiger partial charge is 0.513 e. The fourth-order valence-electron chi connectivity index (χ4n) is 3.17. The quantitative estimate of drug-likeness (QED) is 0.819. The molecule has 0 aromatic heterocycles. The van der Waals surface area contributed by atoms with Crippen molar-refractivity contribution >= 4 is 6.09 Å². The molecule has 1 unspecified atom stereocenters. The molecule has 0 bridgehead atoms. The third-order valence-corrected chi connectivity index (χ3v) is 4.30. The van der Waals surface area contributed by atoms with Gasteiger partial charge in [0.2, 0.25) is 0 Å². The van der Waals surface area contributed by atoms with Crippen LogP contribution in [0.4, 0.5) is 4.79 Å². The van der Waals surface area contributed by atoms with E-state index in [2.05, 4.69) is 0 Å². The lowest BCUT2D eigenvalue weighted by atomic mass is 10.0. The van der Waals surface area contributed by atoms with Crippen molar-refractivity contribution in [2.45, 2.75) is 38.3 Å². The van der Waals surface area contributed by atoms with E-state index in [4.69, 9.17) is 5.73 Å². The molecule has 3 N–H and O–H groups in total. The van der Waals surface area contributed by atoms with E-state index in [-0.39, 0.29) is 16.6 Å². The van der Waals surface area contributed by atoms with Gasteiger partial charge in [-0.05, 0) is 18.9 Å². The summed E-state index contributed by atoms with van der Waals surface area (Å²) >= 11 is 0. The van der Waals surface area contributed by atoms with Crippen molar-refractivity contribution in [3.8, 4) is 0 Å². The SMILES string of the molecule is C[C@@H]1CCC[N+]1(C[C@@H](N)Cc1ccccc1)C(=O)O. The van der Waals surface area contributed by atoms with Crippen LogP contribution in [-0.2, 0) is 6.42 Å². The predicted octanol–water partition coefficient (Wildman–Crippen LogP) is 2.23. The van der Waals surface area contributed by atoms with Crippen molar-refractivity contribution in [1.29, 1.82) is 0 Å². The summed E-state index contributed by atoms with van der Waals surface area (Å²) in [7, 11) is 0. The highest BCUT2D eigenvalue weighted by Crippen LogP contribution is 2.27. The Morgan fingerprint density at radius 2 is 2.16 bits per heavy atom. The molecule has 104 valence electrons. The van der Waals surface area contributed by atoms with Crippen molar-refractivity contribution in [1.82, 2.24) is 0 Å². The summed E-state index contributed by atoms with van der Waals surface area (Å²) in [5.41, 5.74) is 7.36. The summed E-state index contributed by atoms with van der Waals surface area (Å²) in [6, 6.07) is 10.1. The second-order valence-electron chi connectivity index (χ2n) is 5.66. The van der Waals surface area contributed by atoms with Crippen LogP contribution >= 0.6 is 0 Å². The zero-order chi connectivity index (χ0) is 13.9. The van der Waals surface area contributed by atoms with E-state index >= 15 is 0 Å². The number of amides is 1. The van der Waals surface area contributed by atoms with E-state index < -0.39 is 6.09 Å². The molecule has 1 aromatic rings. The number of likely N-dealkylation sites (tertiary alicyclic amines) is 1. The van der Waals surface area contributed by atoms with Gasteiger partial charge >= 0.3 is 6.09 Å². The van der Waals surface area contributed by atoms with Gasteiger partial charge in [0.15, 0.2) is 0 Å². The van der Waals surface area contributed by atoms with Crippen LogP contribution in [0.2, 0.25) is 0 Å². The molecule has 1 amide bonds. The molecular formula is C15H23N2O2+. The number of rotatable bonds is 4. The molecular weight excluding hydrogens is 240 g/mol. The maximum absolute atomic E-state index is 11.6. The molecule has 1 aromatic carbocycles. The average molecular weight is 263 g/mol. The fourth-order valence-corrected chi connectivity index (χ4v) is 3.17. The van der Waals surface area contributed by atoms with Gasteiger partial charge in [-0.25, -0.2) is 4.48 Å². The molecule has 0 aliphatic carbocycles. The highest BCUT2D eigenvalue weighted by atomic mass is 16.4. The van der Waals surface area contributed by atoms with Gasteiger partial charge in [0.1, 0.15) is 6.54 Å². The monoisotopic (exact) mass is 263 g/mol. The van der Waals surface area contributed by atoms with Gasteiger partial charge in [-0.3, -0.25) is 0 Å². The molecule has 1 aliphatic heterocycles. The number of hydrogen-bond donors (Lipinski definition) is 2. The first-order chi connectivity index (χ1) is 9.04. The molecule has 1 aliphatic rings. The zero-order valence-corrected chi connectivity index (χ0v) is 11.5. The van der Waals surface area contributed by atoms with Crippen molar-refractivity contribution in [3.05, 3.63) is 35.9 Å². The van der Waals surface area contributed by atoms with Crippen LogP contribution in [0.5, 0.6) is 0 Å². The zero-order valence-electron chi connectivity index (χ0n) is 11.5. The Morgan fingerprint density at radius 3 is 2.68 bits per heavy atom. The standard InChI is InChI=1S/C15H22N2O2/c1-12-6-5-9-17(12,15(18)19)11-14(16)10-13-7-3-2-4-8-13/h2-4,7-8,12,14H,5-6,9-11,16H2,1H3/p+1/t12-,14+,17?/m1/s1. The maximum atomic E-state index is 11.6. The average Bonchev–Trinajstić information content (AvgIpc) is 2.73. The van der Waals surface area contributed by atoms with Crippen LogP contribution in [0.25, 0.3) is 0 Å². The molecule has 1 fully saturated rings. The van der Waals surface area contributed by atoms with Gasteiger partial charge < -0.3 is 10.8 Å². The second-order valence-corrected chi connectivity index (χ2v) is 5.66. The normalized spacial score (nSPS) is 28.2. The lowest BCUT2D eigenvalue weighted by Gasteiger charge is -2.34. The van der Waals surface area contributed by atoms with Gasteiger partial charge in [-0.2, -0.15) is 4.79 Å². The molecule has 0 radical (unpaired) electrons. The lowest BCUT2D eigenvalue weighted by molar-refractivity contribution is -0.868. The summed E-state index contributed by atoms with van der Waals surface area (Å²) in [5.74, 6) is 0. The summed E-state index contributed by atoms with van der Waals surface area (Å²) in [6.07, 6.45) is 1.96. The number of quaternary nitrogens is 1. The second kappa shape index (κ2) is 5.72. The first-order valence-corrected chi connectivity index (χ1v) is 6.94. The van der Waals surface area contributed by atoms with Crippen molar-refractivity contribution < 1.29 is 14.4 Å². The van der Waals surface area contributed by atoms with E-state index in [0.717, 1.165) is 19.3 Å². The summed E-state index contributed by atoms with van der Waals surface area (Å²) < 4.78 is 0.133. The summed E-state index contributed by atoms with van der Waals surface area (Å²) in [6.45, 7) is 3.25. The van der Waals surface area contributed by atoms with Crippen LogP contribution in [0, 0.1) is 0 Å². The highest BCUT2D eigenvalue weighted by Gasteiger charge is 2.47. The summed E-state index contributed by atoms with van der Waals surface area (Å²) in [4.78, 5) is 11.6. The number of carbonyl (C=O) groups is 1. The predicted molar refractivity (Wildman–Crippen MR) is 74.8 cm³/mol. The minimum absolute atomic E-state index is 0.112. The lowest BCUT2D eigenvalue weighted by Crippen LogP contribution is -2.59. The Morgan fingerprint density at radius 1 is 1.47 bits per heavy atom. The van der Waals surface area contributed by atoms with Gasteiger partial charge in [0.25, 0.3) is 0 Å². The fraction of sp³-hybridized carbons (Fsp3) is 0.533. The van der Waals surface area contributed by atoms with E-state index in [1.165, 1.54) is 5.56 Å². The Hall–Kier alpha value is -1.39. The molecule has 4 heteroatoms. The van der Waals surface area contributed by atoms with Crippen LogP contribution in [0.1, 0.15) is 25.3 Å². The molecule has 1 heterocycles. The molecule has 0 saturated carbocycles. The Balaban J connectivity index is 2.04. The smallest absolute Gasteiger partial charge is 0.435 e. The molecule has 0 spiro atoms. The van der Waals surface area contributed by atoms with Crippen LogP contribution in [0.3, 0.4) is 0 Å². The Kier molecular flexibility index (Phi) is 4.22. The Labute approximate surface area is 114 Å². The molecule has 2 rings (SSSR count). The van der Waals surface area contributed by atoms with Gasteiger partial charge in [0.05, 0.1) is 18.6 Å². The molecule has 4 nitrogen and oxygen atoms in total. The summed E-state index contributed by atoms with van der Waals surface area (Å²) in [5, 5.41) is 9.57. The first kappa shape index (κ1) is 14.0. The number of nitrogens with two attached hydrogens (primary N) is 1.